The highest BCUT2D eigenvalue weighted by Gasteiger charge is 2.32. The normalized spacial score (nSPS) is 19.4. The lowest BCUT2D eigenvalue weighted by molar-refractivity contribution is -0.0440. The zero-order valence-electron chi connectivity index (χ0n) is 20.1. The SMILES string of the molecule is C[C@@H]1CN(S(=O)(=O)c2ccc(C(=O)N(CCN(C)C)c3nc4c(Cl)cccc4s3)cc2)C[C@@H](C)O1. The van der Waals surface area contributed by atoms with E-state index < -0.39 is 10.0 Å². The number of halogens is 1. The van der Waals surface area contributed by atoms with E-state index in [4.69, 9.17) is 16.3 Å². The molecule has 1 aromatic heterocycles. The van der Waals surface area contributed by atoms with Crippen LogP contribution in [0.15, 0.2) is 47.4 Å². The number of para-hydroxylation sites is 1. The topological polar surface area (TPSA) is 83.1 Å². The minimum absolute atomic E-state index is 0.155. The Balaban J connectivity index is 1.61. The number of amides is 1. The molecule has 1 saturated heterocycles. The third-order valence-electron chi connectivity index (χ3n) is 5.73. The van der Waals surface area contributed by atoms with Gasteiger partial charge in [0.2, 0.25) is 10.0 Å². The number of sulfonamides is 1. The number of fused-ring (bicyclic) bond motifs is 1. The van der Waals surface area contributed by atoms with E-state index in [-0.39, 0.29) is 23.0 Å². The molecule has 0 radical (unpaired) electrons. The molecule has 8 nitrogen and oxygen atoms in total. The van der Waals surface area contributed by atoms with E-state index in [2.05, 4.69) is 4.98 Å². The standard InChI is InChI=1S/C24H29ClN4O4S2/c1-16-14-28(15-17(2)33-16)35(31,32)19-10-8-18(9-11-19)23(30)29(13-12-27(3)4)24-26-22-20(25)6-5-7-21(22)34-24/h5-11,16-17H,12-15H2,1-4H3/t16-,17-/m1/s1. The summed E-state index contributed by atoms with van der Waals surface area (Å²) in [5, 5.41) is 1.08. The first-order valence-electron chi connectivity index (χ1n) is 11.3. The largest absolute Gasteiger partial charge is 0.373 e. The highest BCUT2D eigenvalue weighted by atomic mass is 35.5. The number of hydrogen-bond acceptors (Lipinski definition) is 7. The predicted molar refractivity (Wildman–Crippen MR) is 140 cm³/mol. The molecule has 2 atom stereocenters. The smallest absolute Gasteiger partial charge is 0.260 e. The Hall–Kier alpha value is -2.08. The molecular formula is C24H29ClN4O4S2. The monoisotopic (exact) mass is 536 g/mol. The van der Waals surface area contributed by atoms with Crippen LogP contribution in [-0.4, -0.2) is 81.0 Å². The van der Waals surface area contributed by atoms with Gasteiger partial charge in [0.05, 0.1) is 26.8 Å². The minimum atomic E-state index is -3.69. The molecule has 2 heterocycles. The summed E-state index contributed by atoms with van der Waals surface area (Å²) in [6.07, 6.45) is -0.358. The van der Waals surface area contributed by atoms with E-state index in [9.17, 15) is 13.2 Å². The molecule has 0 unspecified atom stereocenters. The van der Waals surface area contributed by atoms with Crippen LogP contribution in [0.4, 0.5) is 5.13 Å². The molecule has 2 aromatic carbocycles. The molecule has 35 heavy (non-hydrogen) atoms. The van der Waals surface area contributed by atoms with E-state index in [0.717, 1.165) is 4.70 Å². The number of nitrogens with zero attached hydrogens (tertiary/aromatic N) is 4. The van der Waals surface area contributed by atoms with E-state index >= 15 is 0 Å². The number of morpholine rings is 1. The van der Waals surface area contributed by atoms with Gasteiger partial charge in [0, 0.05) is 31.7 Å². The summed E-state index contributed by atoms with van der Waals surface area (Å²) in [5.74, 6) is -0.250. The van der Waals surface area contributed by atoms with Crippen molar-refractivity contribution in [3.63, 3.8) is 0 Å². The number of carbonyl (C=O) groups excluding carboxylic acids is 1. The van der Waals surface area contributed by atoms with Gasteiger partial charge in [-0.25, -0.2) is 13.4 Å². The summed E-state index contributed by atoms with van der Waals surface area (Å²) < 4.78 is 34.3. The zero-order valence-corrected chi connectivity index (χ0v) is 22.5. The lowest BCUT2D eigenvalue weighted by atomic mass is 10.2. The van der Waals surface area contributed by atoms with Gasteiger partial charge in [-0.05, 0) is 64.3 Å². The van der Waals surface area contributed by atoms with Gasteiger partial charge in [-0.3, -0.25) is 9.69 Å². The summed E-state index contributed by atoms with van der Waals surface area (Å²) in [6.45, 7) is 5.37. The van der Waals surface area contributed by atoms with Crippen molar-refractivity contribution in [2.45, 2.75) is 31.0 Å². The van der Waals surface area contributed by atoms with Gasteiger partial charge in [-0.2, -0.15) is 4.31 Å². The number of likely N-dealkylation sites (N-methyl/N-ethyl adjacent to an activating group) is 1. The van der Waals surface area contributed by atoms with Crippen molar-refractivity contribution in [2.24, 2.45) is 0 Å². The van der Waals surface area contributed by atoms with Crippen molar-refractivity contribution in [3.05, 3.63) is 53.1 Å². The maximum absolute atomic E-state index is 13.5. The number of ether oxygens (including phenoxy) is 1. The number of aromatic nitrogens is 1. The Kier molecular flexibility index (Phi) is 7.80. The third-order valence-corrected chi connectivity index (χ3v) is 8.92. The number of hydrogen-bond donors (Lipinski definition) is 0. The fraction of sp³-hybridized carbons (Fsp3) is 0.417. The van der Waals surface area contributed by atoms with Crippen LogP contribution in [0.3, 0.4) is 0 Å². The maximum atomic E-state index is 13.5. The van der Waals surface area contributed by atoms with Crippen molar-refractivity contribution < 1.29 is 17.9 Å². The lowest BCUT2D eigenvalue weighted by Gasteiger charge is -2.34. The average Bonchev–Trinajstić information content (AvgIpc) is 3.24. The molecule has 0 bridgehead atoms. The van der Waals surface area contributed by atoms with Crippen molar-refractivity contribution in [3.8, 4) is 0 Å². The fourth-order valence-corrected chi connectivity index (χ4v) is 6.88. The molecule has 0 spiro atoms. The predicted octanol–water partition coefficient (Wildman–Crippen LogP) is 3.96. The number of benzene rings is 2. The maximum Gasteiger partial charge on any atom is 0.260 e. The van der Waals surface area contributed by atoms with Gasteiger partial charge in [-0.1, -0.05) is 29.0 Å². The summed E-state index contributed by atoms with van der Waals surface area (Å²) >= 11 is 7.70. The van der Waals surface area contributed by atoms with Gasteiger partial charge < -0.3 is 9.64 Å². The molecule has 188 valence electrons. The van der Waals surface area contributed by atoms with Crippen molar-refractivity contribution >= 4 is 54.2 Å². The van der Waals surface area contributed by atoms with Gasteiger partial charge in [0.15, 0.2) is 5.13 Å². The molecule has 3 aromatic rings. The van der Waals surface area contributed by atoms with Crippen LogP contribution in [0.25, 0.3) is 10.2 Å². The van der Waals surface area contributed by atoms with Crippen LogP contribution in [0.5, 0.6) is 0 Å². The number of anilines is 1. The van der Waals surface area contributed by atoms with Crippen molar-refractivity contribution in [1.82, 2.24) is 14.2 Å². The lowest BCUT2D eigenvalue weighted by Crippen LogP contribution is -2.48. The molecule has 1 fully saturated rings. The van der Waals surface area contributed by atoms with Gasteiger partial charge in [0.25, 0.3) is 5.91 Å². The summed E-state index contributed by atoms with van der Waals surface area (Å²) in [7, 11) is 0.181. The van der Waals surface area contributed by atoms with Gasteiger partial charge in [-0.15, -0.1) is 0 Å². The first-order chi connectivity index (χ1) is 16.6. The quantitative estimate of drug-likeness (QED) is 0.454. The Morgan fingerprint density at radius 3 is 2.37 bits per heavy atom. The molecule has 1 aliphatic heterocycles. The first-order valence-corrected chi connectivity index (χ1v) is 14.0. The van der Waals surface area contributed by atoms with E-state index in [0.29, 0.717) is 47.4 Å². The Bertz CT molecular complexity index is 1300. The van der Waals surface area contributed by atoms with Crippen LogP contribution in [0.1, 0.15) is 24.2 Å². The van der Waals surface area contributed by atoms with Crippen LogP contribution in [-0.2, 0) is 14.8 Å². The summed E-state index contributed by atoms with van der Waals surface area (Å²) in [5.41, 5.74) is 1.05. The molecule has 1 amide bonds. The average molecular weight is 537 g/mol. The van der Waals surface area contributed by atoms with Crippen molar-refractivity contribution in [1.29, 1.82) is 0 Å². The van der Waals surface area contributed by atoms with Crippen molar-refractivity contribution in [2.75, 3.05) is 45.2 Å². The van der Waals surface area contributed by atoms with E-state index in [1.807, 2.05) is 45.0 Å². The molecular weight excluding hydrogens is 508 g/mol. The highest BCUT2D eigenvalue weighted by Crippen LogP contribution is 2.33. The van der Waals surface area contributed by atoms with E-state index in [1.165, 1.54) is 27.8 Å². The highest BCUT2D eigenvalue weighted by molar-refractivity contribution is 7.89. The number of rotatable bonds is 7. The molecule has 11 heteroatoms. The molecule has 0 N–H and O–H groups in total. The van der Waals surface area contributed by atoms with Gasteiger partial charge in [0.1, 0.15) is 5.52 Å². The number of carbonyl (C=O) groups is 1. The zero-order chi connectivity index (χ0) is 25.3. The first kappa shape index (κ1) is 26.0. The Morgan fingerprint density at radius 2 is 1.77 bits per heavy atom. The van der Waals surface area contributed by atoms with E-state index in [1.54, 1.807) is 23.1 Å². The van der Waals surface area contributed by atoms with Crippen LogP contribution in [0.2, 0.25) is 5.02 Å². The minimum Gasteiger partial charge on any atom is -0.373 e. The third kappa shape index (κ3) is 5.68. The Labute approximate surface area is 215 Å². The summed E-state index contributed by atoms with van der Waals surface area (Å²) in [4.78, 5) is 21.9. The molecule has 1 aliphatic rings. The molecule has 0 aliphatic carbocycles. The number of thiazole rings is 1. The van der Waals surface area contributed by atoms with Gasteiger partial charge >= 0.3 is 0 Å². The second kappa shape index (κ2) is 10.5. The fourth-order valence-electron chi connectivity index (χ4n) is 4.00. The van der Waals surface area contributed by atoms with Crippen LogP contribution >= 0.6 is 22.9 Å². The van der Waals surface area contributed by atoms with Crippen LogP contribution < -0.4 is 4.90 Å². The Morgan fingerprint density at radius 1 is 1.11 bits per heavy atom. The second-order valence-electron chi connectivity index (χ2n) is 8.95. The molecule has 4 rings (SSSR count). The van der Waals surface area contributed by atoms with Crippen LogP contribution in [0, 0.1) is 0 Å². The second-order valence-corrected chi connectivity index (χ2v) is 12.3. The molecule has 0 saturated carbocycles. The summed E-state index contributed by atoms with van der Waals surface area (Å²) in [6, 6.07) is 11.7.